The van der Waals surface area contributed by atoms with E-state index in [0.717, 1.165) is 5.75 Å². The summed E-state index contributed by atoms with van der Waals surface area (Å²) in [6.07, 6.45) is 2.38. The van der Waals surface area contributed by atoms with Gasteiger partial charge in [-0.05, 0) is 12.2 Å². The van der Waals surface area contributed by atoms with E-state index in [4.69, 9.17) is 27.5 Å². The predicted octanol–water partition coefficient (Wildman–Crippen LogP) is 0.810. The Kier molecular flexibility index (Phi) is 18.0. The summed E-state index contributed by atoms with van der Waals surface area (Å²) in [5.41, 5.74) is 0. The summed E-state index contributed by atoms with van der Waals surface area (Å²) in [7, 11) is 0. The molecule has 0 amide bonds. The molecule has 0 aromatic rings. The smallest absolute Gasteiger partial charge is 0.0842 e. The number of hydrogen-bond acceptors (Lipinski definition) is 5. The van der Waals surface area contributed by atoms with E-state index in [0.29, 0.717) is 4.20 Å². The van der Waals surface area contributed by atoms with Gasteiger partial charge in [-0.25, -0.2) is 0 Å². The van der Waals surface area contributed by atoms with E-state index in [9.17, 15) is 0 Å². The minimum Gasteiger partial charge on any atom is -0.394 e. The minimum absolute atomic E-state index is 0.0454. The summed E-state index contributed by atoms with van der Waals surface area (Å²) >= 11 is 6.36. The first-order chi connectivity index (χ1) is 6.22. The van der Waals surface area contributed by atoms with Crippen molar-refractivity contribution < 1.29 is 15.3 Å². The zero-order valence-electron chi connectivity index (χ0n) is 7.90. The zero-order chi connectivity index (χ0) is 10.5. The highest BCUT2D eigenvalue weighted by Crippen LogP contribution is 2.06. The van der Waals surface area contributed by atoms with Crippen LogP contribution < -0.4 is 0 Å². The molecule has 3 nitrogen and oxygen atoms in total. The van der Waals surface area contributed by atoms with Crippen molar-refractivity contribution in [3.05, 3.63) is 0 Å². The van der Waals surface area contributed by atoms with Crippen molar-refractivity contribution in [2.45, 2.75) is 19.8 Å². The van der Waals surface area contributed by atoms with Crippen molar-refractivity contribution in [3.63, 3.8) is 0 Å². The Morgan fingerprint density at radius 2 is 1.77 bits per heavy atom. The third-order valence-corrected chi connectivity index (χ3v) is 2.42. The highest BCUT2D eigenvalue weighted by molar-refractivity contribution is 8.23. The molecule has 0 aromatic heterocycles. The van der Waals surface area contributed by atoms with Crippen LogP contribution in [0.15, 0.2) is 0 Å². The zero-order valence-corrected chi connectivity index (χ0v) is 9.53. The normalized spacial score (nSPS) is 8.92. The molecule has 0 saturated heterocycles. The largest absolute Gasteiger partial charge is 0.394 e. The van der Waals surface area contributed by atoms with Gasteiger partial charge in [-0.3, -0.25) is 0 Å². The van der Waals surface area contributed by atoms with Crippen LogP contribution in [-0.2, 0) is 0 Å². The number of thioether (sulfide) groups is 1. The molecule has 0 aromatic carbocycles. The topological polar surface area (TPSA) is 60.7 Å². The molecular weight excluding hydrogens is 208 g/mol. The van der Waals surface area contributed by atoms with Gasteiger partial charge in [0.1, 0.15) is 0 Å². The molecule has 80 valence electrons. The van der Waals surface area contributed by atoms with Gasteiger partial charge in [0.2, 0.25) is 0 Å². The van der Waals surface area contributed by atoms with Crippen LogP contribution in [0.25, 0.3) is 0 Å². The van der Waals surface area contributed by atoms with E-state index in [2.05, 4.69) is 6.92 Å². The molecular formula is C8H18O3S2. The van der Waals surface area contributed by atoms with Gasteiger partial charge < -0.3 is 15.3 Å². The number of aliphatic hydroxyl groups excluding tert-OH is 3. The van der Waals surface area contributed by atoms with Gasteiger partial charge in [-0.2, -0.15) is 0 Å². The Hall–Kier alpha value is 0.320. The van der Waals surface area contributed by atoms with Crippen molar-refractivity contribution in [2.75, 3.05) is 25.6 Å². The Bertz CT molecular complexity index is 108. The first-order valence-corrected chi connectivity index (χ1v) is 5.60. The molecule has 0 saturated carbocycles. The molecule has 0 heterocycles. The average Bonchev–Trinajstić information content (AvgIpc) is 2.18. The van der Waals surface area contributed by atoms with Gasteiger partial charge in [0.15, 0.2) is 0 Å². The monoisotopic (exact) mass is 226 g/mol. The van der Waals surface area contributed by atoms with E-state index >= 15 is 0 Å². The number of aliphatic hydroxyl groups is 3. The lowest BCUT2D eigenvalue weighted by Crippen LogP contribution is -1.95. The summed E-state index contributed by atoms with van der Waals surface area (Å²) in [4.78, 5) is 0. The fourth-order valence-electron chi connectivity index (χ4n) is 0.376. The molecule has 0 radical (unpaired) electrons. The summed E-state index contributed by atoms with van der Waals surface area (Å²) in [5.74, 6) is 1.05. The molecule has 0 fully saturated rings. The maximum absolute atomic E-state index is 8.47. The first kappa shape index (κ1) is 15.8. The lowest BCUT2D eigenvalue weighted by Gasteiger charge is -1.96. The molecule has 0 bridgehead atoms. The number of hydrogen-bond donors (Lipinski definition) is 3. The third-order valence-electron chi connectivity index (χ3n) is 0.990. The molecule has 13 heavy (non-hydrogen) atoms. The summed E-state index contributed by atoms with van der Waals surface area (Å²) in [6.45, 7) is 1.94. The summed E-state index contributed by atoms with van der Waals surface area (Å²) in [5, 5.41) is 23.7. The third kappa shape index (κ3) is 19.0. The van der Waals surface area contributed by atoms with Crippen LogP contribution in [0.3, 0.4) is 0 Å². The lowest BCUT2D eigenvalue weighted by atomic mass is 10.4. The van der Waals surface area contributed by atoms with Crippen molar-refractivity contribution in [1.82, 2.24) is 0 Å². The number of thiocarbonyl (C=S) groups is 1. The number of unbranched alkanes of at least 4 members (excludes halogenated alkanes) is 1. The summed E-state index contributed by atoms with van der Waals surface area (Å²) < 4.78 is 0.712. The molecule has 3 N–H and O–H groups in total. The van der Waals surface area contributed by atoms with Gasteiger partial charge in [-0.15, -0.1) is 11.8 Å². The maximum atomic E-state index is 8.47. The van der Waals surface area contributed by atoms with E-state index in [-0.39, 0.29) is 19.8 Å². The van der Waals surface area contributed by atoms with E-state index in [1.54, 1.807) is 11.8 Å². The Balaban J connectivity index is 0. The Morgan fingerprint density at radius 3 is 2.08 bits per heavy atom. The first-order valence-electron chi connectivity index (χ1n) is 4.21. The lowest BCUT2D eigenvalue weighted by molar-refractivity contribution is 0.186. The van der Waals surface area contributed by atoms with Crippen molar-refractivity contribution in [3.8, 4) is 0 Å². The molecule has 0 unspecified atom stereocenters. The van der Waals surface area contributed by atoms with E-state index in [1.165, 1.54) is 12.8 Å². The van der Waals surface area contributed by atoms with Crippen LogP contribution in [0.1, 0.15) is 19.8 Å². The van der Waals surface area contributed by atoms with Crippen LogP contribution in [-0.4, -0.2) is 45.1 Å². The van der Waals surface area contributed by atoms with Crippen LogP contribution in [0.5, 0.6) is 0 Å². The SMILES string of the molecule is CCCCSC(=S)CO.OCCO. The minimum atomic E-state index is -0.125. The van der Waals surface area contributed by atoms with Gasteiger partial charge in [0.25, 0.3) is 0 Å². The highest BCUT2D eigenvalue weighted by Gasteiger charge is 1.92. The van der Waals surface area contributed by atoms with Gasteiger partial charge in [0, 0.05) is 0 Å². The molecule has 0 aliphatic heterocycles. The molecule has 0 atom stereocenters. The van der Waals surface area contributed by atoms with Crippen LogP contribution >= 0.6 is 24.0 Å². The quantitative estimate of drug-likeness (QED) is 0.478. The Labute approximate surface area is 89.2 Å². The summed E-state index contributed by atoms with van der Waals surface area (Å²) in [6, 6.07) is 0. The van der Waals surface area contributed by atoms with Crippen LogP contribution in [0.2, 0.25) is 0 Å². The Morgan fingerprint density at radius 1 is 1.23 bits per heavy atom. The molecule has 0 spiro atoms. The maximum Gasteiger partial charge on any atom is 0.0842 e. The van der Waals surface area contributed by atoms with Crippen LogP contribution in [0.4, 0.5) is 0 Å². The van der Waals surface area contributed by atoms with Gasteiger partial charge in [0.05, 0.1) is 24.0 Å². The van der Waals surface area contributed by atoms with E-state index < -0.39 is 0 Å². The second kappa shape index (κ2) is 14.8. The highest BCUT2D eigenvalue weighted by atomic mass is 32.2. The predicted molar refractivity (Wildman–Crippen MR) is 61.2 cm³/mol. The average molecular weight is 226 g/mol. The number of rotatable bonds is 5. The molecule has 0 aliphatic carbocycles. The standard InChI is InChI=1S/C6H12OS2.C2H6O2/c1-2-3-4-9-6(8)5-7;3-1-2-4/h7H,2-5H2,1H3;3-4H,1-2H2. The van der Waals surface area contributed by atoms with Crippen molar-refractivity contribution in [1.29, 1.82) is 0 Å². The second-order valence-corrected chi connectivity index (χ2v) is 4.12. The van der Waals surface area contributed by atoms with Crippen molar-refractivity contribution in [2.24, 2.45) is 0 Å². The fraction of sp³-hybridized carbons (Fsp3) is 0.875. The second-order valence-electron chi connectivity index (χ2n) is 2.18. The molecule has 0 aliphatic rings. The van der Waals surface area contributed by atoms with Gasteiger partial charge in [-0.1, -0.05) is 25.6 Å². The molecule has 5 heteroatoms. The van der Waals surface area contributed by atoms with E-state index in [1.807, 2.05) is 0 Å². The van der Waals surface area contributed by atoms with Gasteiger partial charge >= 0.3 is 0 Å². The van der Waals surface area contributed by atoms with Crippen LogP contribution in [0, 0.1) is 0 Å². The van der Waals surface area contributed by atoms with Crippen molar-refractivity contribution >= 4 is 28.2 Å². The fourth-order valence-corrected chi connectivity index (χ4v) is 1.38. The molecule has 0 rings (SSSR count).